The maximum atomic E-state index is 4.96. The number of rotatable bonds is 3. The summed E-state index contributed by atoms with van der Waals surface area (Å²) in [5.74, 6) is 2.05. The Morgan fingerprint density at radius 3 is 1.63 bits per heavy atom. The van der Waals surface area contributed by atoms with Gasteiger partial charge in [-0.15, -0.1) is 0 Å². The van der Waals surface area contributed by atoms with Gasteiger partial charge in [0.2, 0.25) is 0 Å². The minimum Gasteiger partial charge on any atom is -0.208 e. The van der Waals surface area contributed by atoms with Crippen LogP contribution in [0, 0.1) is 6.92 Å². The van der Waals surface area contributed by atoms with Crippen LogP contribution in [0.2, 0.25) is 0 Å². The van der Waals surface area contributed by atoms with Gasteiger partial charge in [-0.25, -0.2) is 15.0 Å². The molecule has 7 rings (SSSR count). The van der Waals surface area contributed by atoms with E-state index in [1.807, 2.05) is 60.7 Å². The van der Waals surface area contributed by atoms with Crippen molar-refractivity contribution in [1.82, 2.24) is 15.0 Å². The lowest BCUT2D eigenvalue weighted by Gasteiger charge is -2.22. The molecular formula is C35H27N3. The summed E-state index contributed by atoms with van der Waals surface area (Å²) in [5.41, 5.74) is 9.48. The third-order valence-electron chi connectivity index (χ3n) is 7.84. The monoisotopic (exact) mass is 489 g/mol. The van der Waals surface area contributed by atoms with Crippen LogP contribution in [0.5, 0.6) is 0 Å². The highest BCUT2D eigenvalue weighted by Gasteiger charge is 2.37. The van der Waals surface area contributed by atoms with Gasteiger partial charge in [0.15, 0.2) is 17.5 Å². The molecule has 3 nitrogen and oxygen atoms in total. The van der Waals surface area contributed by atoms with Crippen LogP contribution in [0.4, 0.5) is 0 Å². The Morgan fingerprint density at radius 2 is 1.03 bits per heavy atom. The van der Waals surface area contributed by atoms with E-state index in [2.05, 4.69) is 69.3 Å². The summed E-state index contributed by atoms with van der Waals surface area (Å²) in [7, 11) is 0. The fourth-order valence-corrected chi connectivity index (χ4v) is 5.84. The molecule has 1 aromatic heterocycles. The van der Waals surface area contributed by atoms with Crippen LogP contribution in [-0.2, 0) is 5.41 Å². The molecular weight excluding hydrogens is 462 g/mol. The molecule has 0 atom stereocenters. The summed E-state index contributed by atoms with van der Waals surface area (Å²) in [5, 5.41) is 2.64. The molecule has 3 heteroatoms. The summed E-state index contributed by atoms with van der Waals surface area (Å²) in [6.07, 6.45) is 0. The molecule has 1 heterocycles. The smallest absolute Gasteiger partial charge is 0.164 e. The zero-order valence-electron chi connectivity index (χ0n) is 21.7. The van der Waals surface area contributed by atoms with Crippen LogP contribution < -0.4 is 0 Å². The van der Waals surface area contributed by atoms with Crippen molar-refractivity contribution in [2.24, 2.45) is 0 Å². The summed E-state index contributed by atoms with van der Waals surface area (Å²) in [6.45, 7) is 6.87. The average molecular weight is 490 g/mol. The standard InChI is InChI=1S/C35H27N3/c1-22-20-30-31(27-17-11-10-16-26(22)27)28-19-18-25(21-29(28)35(30,2)3)34-37-32(23-12-6-4-7-13-23)36-33(38-34)24-14-8-5-9-15-24/h4-21H,1-3H3. The number of aryl methyl sites for hydroxylation is 1. The van der Waals surface area contributed by atoms with Gasteiger partial charge in [0.25, 0.3) is 0 Å². The lowest BCUT2D eigenvalue weighted by molar-refractivity contribution is 0.660. The molecule has 0 amide bonds. The van der Waals surface area contributed by atoms with E-state index in [1.165, 1.54) is 38.6 Å². The van der Waals surface area contributed by atoms with Gasteiger partial charge in [0, 0.05) is 22.1 Å². The number of fused-ring (bicyclic) bond motifs is 5. The van der Waals surface area contributed by atoms with Gasteiger partial charge in [-0.2, -0.15) is 0 Å². The number of aromatic nitrogens is 3. The first-order valence-electron chi connectivity index (χ1n) is 13.1. The van der Waals surface area contributed by atoms with Crippen molar-refractivity contribution in [2.75, 3.05) is 0 Å². The summed E-state index contributed by atoms with van der Waals surface area (Å²) >= 11 is 0. The Hall–Kier alpha value is -4.63. The second kappa shape index (κ2) is 8.46. The van der Waals surface area contributed by atoms with Crippen LogP contribution in [0.3, 0.4) is 0 Å². The summed E-state index contributed by atoms with van der Waals surface area (Å²) < 4.78 is 0. The van der Waals surface area contributed by atoms with E-state index >= 15 is 0 Å². The minimum atomic E-state index is -0.132. The molecule has 182 valence electrons. The summed E-state index contributed by atoms with van der Waals surface area (Å²) in [4.78, 5) is 14.8. The van der Waals surface area contributed by atoms with Crippen LogP contribution in [0.1, 0.15) is 30.5 Å². The van der Waals surface area contributed by atoms with E-state index in [-0.39, 0.29) is 5.41 Å². The maximum absolute atomic E-state index is 4.96. The van der Waals surface area contributed by atoms with Crippen LogP contribution in [-0.4, -0.2) is 15.0 Å². The van der Waals surface area contributed by atoms with Gasteiger partial charge in [0.1, 0.15) is 0 Å². The zero-order chi connectivity index (χ0) is 25.9. The third-order valence-corrected chi connectivity index (χ3v) is 7.84. The molecule has 1 aliphatic rings. The van der Waals surface area contributed by atoms with Gasteiger partial charge in [-0.3, -0.25) is 0 Å². The fraction of sp³-hybridized carbons (Fsp3) is 0.114. The SMILES string of the molecule is Cc1cc2c(c3ccccc13)-c1ccc(-c3nc(-c4ccccc4)nc(-c4ccccc4)n3)cc1C2(C)C. The molecule has 5 aromatic carbocycles. The Kier molecular flexibility index (Phi) is 5.02. The van der Waals surface area contributed by atoms with Gasteiger partial charge in [-0.05, 0) is 51.6 Å². The molecule has 1 aliphatic carbocycles. The molecule has 0 spiro atoms. The fourth-order valence-electron chi connectivity index (χ4n) is 5.84. The first-order valence-corrected chi connectivity index (χ1v) is 13.1. The Labute approximate surface area is 222 Å². The predicted octanol–water partition coefficient (Wildman–Crippen LogP) is 8.64. The predicted molar refractivity (Wildman–Crippen MR) is 156 cm³/mol. The van der Waals surface area contributed by atoms with Gasteiger partial charge < -0.3 is 0 Å². The molecule has 38 heavy (non-hydrogen) atoms. The van der Waals surface area contributed by atoms with E-state index in [1.54, 1.807) is 0 Å². The minimum absolute atomic E-state index is 0.132. The Balaban J connectivity index is 1.44. The van der Waals surface area contributed by atoms with Crippen molar-refractivity contribution in [2.45, 2.75) is 26.2 Å². The molecule has 0 unspecified atom stereocenters. The van der Waals surface area contributed by atoms with E-state index in [9.17, 15) is 0 Å². The van der Waals surface area contributed by atoms with E-state index in [4.69, 9.17) is 15.0 Å². The van der Waals surface area contributed by atoms with Gasteiger partial charge >= 0.3 is 0 Å². The van der Waals surface area contributed by atoms with Crippen molar-refractivity contribution >= 4 is 10.8 Å². The van der Waals surface area contributed by atoms with E-state index in [0.717, 1.165) is 16.7 Å². The van der Waals surface area contributed by atoms with Crippen molar-refractivity contribution < 1.29 is 0 Å². The maximum Gasteiger partial charge on any atom is 0.164 e. The second-order valence-corrected chi connectivity index (χ2v) is 10.6. The highest BCUT2D eigenvalue weighted by molar-refractivity contribution is 6.04. The molecule has 0 bridgehead atoms. The van der Waals surface area contributed by atoms with Crippen molar-refractivity contribution in [3.05, 3.63) is 126 Å². The van der Waals surface area contributed by atoms with Crippen LogP contribution >= 0.6 is 0 Å². The lowest BCUT2D eigenvalue weighted by atomic mass is 9.81. The van der Waals surface area contributed by atoms with E-state index < -0.39 is 0 Å². The molecule has 0 radical (unpaired) electrons. The topological polar surface area (TPSA) is 38.7 Å². The van der Waals surface area contributed by atoms with Crippen molar-refractivity contribution in [1.29, 1.82) is 0 Å². The zero-order valence-corrected chi connectivity index (χ0v) is 21.7. The Bertz CT molecular complexity index is 1780. The van der Waals surface area contributed by atoms with Gasteiger partial charge in [-0.1, -0.05) is 117 Å². The van der Waals surface area contributed by atoms with Crippen molar-refractivity contribution in [3.8, 4) is 45.3 Å². The number of hydrogen-bond acceptors (Lipinski definition) is 3. The highest BCUT2D eigenvalue weighted by Crippen LogP contribution is 2.52. The molecule has 0 saturated carbocycles. The molecule has 0 saturated heterocycles. The normalized spacial score (nSPS) is 13.3. The van der Waals surface area contributed by atoms with Crippen LogP contribution in [0.25, 0.3) is 56.1 Å². The molecule has 0 fully saturated rings. The number of benzene rings is 5. The van der Waals surface area contributed by atoms with Crippen molar-refractivity contribution in [3.63, 3.8) is 0 Å². The highest BCUT2D eigenvalue weighted by atomic mass is 15.0. The first-order chi connectivity index (χ1) is 18.5. The largest absolute Gasteiger partial charge is 0.208 e. The quantitative estimate of drug-likeness (QED) is 0.250. The summed E-state index contributed by atoms with van der Waals surface area (Å²) in [6, 6.07) is 38.1. The average Bonchev–Trinajstić information content (AvgIpc) is 3.19. The Morgan fingerprint density at radius 1 is 0.500 bits per heavy atom. The number of nitrogens with zero attached hydrogens (tertiary/aromatic N) is 3. The van der Waals surface area contributed by atoms with E-state index in [0.29, 0.717) is 17.5 Å². The molecule has 6 aromatic rings. The third kappa shape index (κ3) is 3.47. The molecule has 0 aliphatic heterocycles. The lowest BCUT2D eigenvalue weighted by Crippen LogP contribution is -2.15. The molecule has 0 N–H and O–H groups in total. The second-order valence-electron chi connectivity index (χ2n) is 10.6. The van der Waals surface area contributed by atoms with Crippen LogP contribution in [0.15, 0.2) is 109 Å². The number of hydrogen-bond donors (Lipinski definition) is 0. The van der Waals surface area contributed by atoms with Gasteiger partial charge in [0.05, 0.1) is 0 Å². The first kappa shape index (κ1) is 22.6.